The summed E-state index contributed by atoms with van der Waals surface area (Å²) in [5.74, 6) is 1.19. The van der Waals surface area contributed by atoms with Crippen LogP contribution in [-0.2, 0) is 17.8 Å². The molecule has 0 atom stereocenters. The molecule has 0 bridgehead atoms. The van der Waals surface area contributed by atoms with Gasteiger partial charge in [-0.15, -0.1) is 0 Å². The van der Waals surface area contributed by atoms with Crippen molar-refractivity contribution in [1.82, 2.24) is 9.80 Å². The number of nitrogens with zero attached hydrogens (tertiary/aromatic N) is 2. The standard InChI is InChI=1S/C27H38N2O/c1-21(2)25-9-5-23(6-10-25)19-28-15-13-27(14-16-28)29(17-18-30-27)20-24-7-11-26(12-8-24)22(3)4/h5-12,21-22H,13-20H2,1-4H3. The van der Waals surface area contributed by atoms with Gasteiger partial charge in [-0.3, -0.25) is 9.80 Å². The molecule has 30 heavy (non-hydrogen) atoms. The maximum atomic E-state index is 6.37. The predicted octanol–water partition coefficient (Wildman–Crippen LogP) is 5.76. The van der Waals surface area contributed by atoms with Gasteiger partial charge in [0.1, 0.15) is 5.72 Å². The van der Waals surface area contributed by atoms with E-state index in [0.717, 1.165) is 52.2 Å². The summed E-state index contributed by atoms with van der Waals surface area (Å²) in [7, 11) is 0. The largest absolute Gasteiger partial charge is 0.359 e. The number of piperidine rings is 1. The van der Waals surface area contributed by atoms with E-state index in [4.69, 9.17) is 4.74 Å². The number of rotatable bonds is 6. The molecule has 0 aliphatic carbocycles. The molecule has 0 radical (unpaired) electrons. The molecular weight excluding hydrogens is 368 g/mol. The first-order valence-electron chi connectivity index (χ1n) is 11.7. The molecule has 0 unspecified atom stereocenters. The minimum atomic E-state index is -0.0608. The Morgan fingerprint density at radius 1 is 0.733 bits per heavy atom. The summed E-state index contributed by atoms with van der Waals surface area (Å²) in [6.45, 7) is 15.2. The van der Waals surface area contributed by atoms with E-state index in [2.05, 4.69) is 86.0 Å². The number of benzene rings is 2. The van der Waals surface area contributed by atoms with Crippen LogP contribution in [0, 0.1) is 0 Å². The Bertz CT molecular complexity index is 802. The molecule has 1 spiro atoms. The molecule has 0 aromatic heterocycles. The fraction of sp³-hybridized carbons (Fsp3) is 0.556. The van der Waals surface area contributed by atoms with Gasteiger partial charge < -0.3 is 4.74 Å². The van der Waals surface area contributed by atoms with Gasteiger partial charge in [0, 0.05) is 45.6 Å². The van der Waals surface area contributed by atoms with E-state index in [0.29, 0.717) is 11.8 Å². The molecule has 2 saturated heterocycles. The van der Waals surface area contributed by atoms with E-state index < -0.39 is 0 Å². The summed E-state index contributed by atoms with van der Waals surface area (Å²) in [5.41, 5.74) is 5.60. The van der Waals surface area contributed by atoms with E-state index >= 15 is 0 Å². The van der Waals surface area contributed by atoms with Crippen molar-refractivity contribution in [2.24, 2.45) is 0 Å². The molecule has 2 aliphatic rings. The van der Waals surface area contributed by atoms with E-state index in [9.17, 15) is 0 Å². The zero-order valence-corrected chi connectivity index (χ0v) is 19.2. The summed E-state index contributed by atoms with van der Waals surface area (Å²) < 4.78 is 6.37. The Morgan fingerprint density at radius 3 is 1.73 bits per heavy atom. The Balaban J connectivity index is 1.34. The van der Waals surface area contributed by atoms with Gasteiger partial charge in [-0.1, -0.05) is 76.2 Å². The minimum Gasteiger partial charge on any atom is -0.359 e. The van der Waals surface area contributed by atoms with Gasteiger partial charge in [0.05, 0.1) is 6.61 Å². The lowest BCUT2D eigenvalue weighted by molar-refractivity contribution is -0.123. The first-order valence-corrected chi connectivity index (χ1v) is 11.7. The Kier molecular flexibility index (Phi) is 6.62. The quantitative estimate of drug-likeness (QED) is 0.607. The SMILES string of the molecule is CC(C)c1ccc(CN2CCC3(CC2)OCCN3Cc2ccc(C(C)C)cc2)cc1. The monoisotopic (exact) mass is 406 g/mol. The minimum absolute atomic E-state index is 0.0608. The molecule has 0 N–H and O–H groups in total. The van der Waals surface area contributed by atoms with Crippen LogP contribution in [0.1, 0.15) is 74.6 Å². The third-order valence-electron chi connectivity index (χ3n) is 7.02. The highest BCUT2D eigenvalue weighted by atomic mass is 16.5. The third-order valence-corrected chi connectivity index (χ3v) is 7.02. The van der Waals surface area contributed by atoms with Crippen molar-refractivity contribution in [3.05, 3.63) is 70.8 Å². The van der Waals surface area contributed by atoms with Gasteiger partial charge in [0.25, 0.3) is 0 Å². The van der Waals surface area contributed by atoms with Crippen LogP contribution in [-0.4, -0.2) is 41.8 Å². The van der Waals surface area contributed by atoms with Crippen molar-refractivity contribution in [3.8, 4) is 0 Å². The van der Waals surface area contributed by atoms with Crippen LogP contribution in [0.5, 0.6) is 0 Å². The summed E-state index contributed by atoms with van der Waals surface area (Å²) in [6, 6.07) is 18.4. The van der Waals surface area contributed by atoms with Crippen LogP contribution in [0.3, 0.4) is 0 Å². The fourth-order valence-corrected chi connectivity index (χ4v) is 4.88. The van der Waals surface area contributed by atoms with Gasteiger partial charge >= 0.3 is 0 Å². The van der Waals surface area contributed by atoms with Crippen LogP contribution in [0.4, 0.5) is 0 Å². The van der Waals surface area contributed by atoms with E-state index in [1.165, 1.54) is 22.3 Å². The average Bonchev–Trinajstić information content (AvgIpc) is 3.12. The van der Waals surface area contributed by atoms with E-state index in [1.807, 2.05) is 0 Å². The molecule has 3 nitrogen and oxygen atoms in total. The molecule has 2 aromatic carbocycles. The van der Waals surface area contributed by atoms with Crippen molar-refractivity contribution in [1.29, 1.82) is 0 Å². The van der Waals surface area contributed by atoms with Crippen LogP contribution in [0.2, 0.25) is 0 Å². The van der Waals surface area contributed by atoms with Crippen LogP contribution in [0.25, 0.3) is 0 Å². The highest BCUT2D eigenvalue weighted by molar-refractivity contribution is 5.26. The molecule has 4 rings (SSSR count). The molecule has 2 aliphatic heterocycles. The summed E-state index contributed by atoms with van der Waals surface area (Å²) in [4.78, 5) is 5.18. The molecule has 2 fully saturated rings. The third kappa shape index (κ3) is 4.80. The van der Waals surface area contributed by atoms with Gasteiger partial charge in [0.2, 0.25) is 0 Å². The van der Waals surface area contributed by atoms with Crippen LogP contribution >= 0.6 is 0 Å². The molecule has 2 heterocycles. The predicted molar refractivity (Wildman–Crippen MR) is 125 cm³/mol. The Labute approximate surface area is 183 Å². The molecular formula is C27H38N2O. The first-order chi connectivity index (χ1) is 14.4. The summed E-state index contributed by atoms with van der Waals surface area (Å²) >= 11 is 0. The van der Waals surface area contributed by atoms with E-state index in [1.54, 1.807) is 0 Å². The summed E-state index contributed by atoms with van der Waals surface area (Å²) in [5, 5.41) is 0. The molecule has 3 heteroatoms. The van der Waals surface area contributed by atoms with Crippen molar-refractivity contribution < 1.29 is 4.74 Å². The maximum absolute atomic E-state index is 6.37. The number of likely N-dealkylation sites (tertiary alicyclic amines) is 1. The van der Waals surface area contributed by atoms with Gasteiger partial charge in [-0.2, -0.15) is 0 Å². The topological polar surface area (TPSA) is 15.7 Å². The zero-order valence-electron chi connectivity index (χ0n) is 19.2. The van der Waals surface area contributed by atoms with Crippen LogP contribution in [0.15, 0.2) is 48.5 Å². The van der Waals surface area contributed by atoms with Gasteiger partial charge in [-0.05, 0) is 34.1 Å². The molecule has 2 aromatic rings. The normalized spacial score (nSPS) is 19.9. The smallest absolute Gasteiger partial charge is 0.124 e. The van der Waals surface area contributed by atoms with Gasteiger partial charge in [-0.25, -0.2) is 0 Å². The lowest BCUT2D eigenvalue weighted by Crippen LogP contribution is -2.52. The van der Waals surface area contributed by atoms with E-state index in [-0.39, 0.29) is 5.72 Å². The Morgan fingerprint density at radius 2 is 1.23 bits per heavy atom. The Hall–Kier alpha value is -1.68. The number of ether oxygens (including phenoxy) is 1. The maximum Gasteiger partial charge on any atom is 0.124 e. The summed E-state index contributed by atoms with van der Waals surface area (Å²) in [6.07, 6.45) is 2.20. The lowest BCUT2D eigenvalue weighted by Gasteiger charge is -2.43. The molecule has 162 valence electrons. The van der Waals surface area contributed by atoms with Crippen molar-refractivity contribution in [2.45, 2.75) is 71.2 Å². The fourth-order valence-electron chi connectivity index (χ4n) is 4.88. The first kappa shape index (κ1) is 21.5. The second kappa shape index (κ2) is 9.21. The highest BCUT2D eigenvalue weighted by Gasteiger charge is 2.44. The van der Waals surface area contributed by atoms with Crippen molar-refractivity contribution in [2.75, 3.05) is 26.2 Å². The molecule has 0 saturated carbocycles. The zero-order chi connectivity index (χ0) is 21.1. The van der Waals surface area contributed by atoms with Crippen molar-refractivity contribution >= 4 is 0 Å². The highest BCUT2D eigenvalue weighted by Crippen LogP contribution is 2.36. The number of hydrogen-bond donors (Lipinski definition) is 0. The number of hydrogen-bond acceptors (Lipinski definition) is 3. The second-order valence-electron chi connectivity index (χ2n) is 9.78. The van der Waals surface area contributed by atoms with Crippen molar-refractivity contribution in [3.63, 3.8) is 0 Å². The molecule has 0 amide bonds. The van der Waals surface area contributed by atoms with Gasteiger partial charge in [0.15, 0.2) is 0 Å². The second-order valence-corrected chi connectivity index (χ2v) is 9.78. The lowest BCUT2D eigenvalue weighted by atomic mass is 9.96. The average molecular weight is 407 g/mol. The van der Waals surface area contributed by atoms with Crippen LogP contribution < -0.4 is 0 Å².